The molecule has 0 saturated heterocycles. The SMILES string of the molecule is O=C(O[C@@H](Cc1c(Cl)cncc1Cl)c1ccc(OC(F)F)c(OCC2CC2)c1)c1ccc(CNc2nccs2)s1. The van der Waals surface area contributed by atoms with Crippen molar-refractivity contribution < 1.29 is 27.8 Å². The van der Waals surface area contributed by atoms with Gasteiger partial charge in [0, 0.05) is 35.3 Å². The van der Waals surface area contributed by atoms with E-state index >= 15 is 0 Å². The molecule has 1 saturated carbocycles. The molecule has 3 heterocycles. The van der Waals surface area contributed by atoms with Crippen LogP contribution in [0.1, 0.15) is 44.6 Å². The predicted octanol–water partition coefficient (Wildman–Crippen LogP) is 8.05. The molecule has 13 heteroatoms. The fourth-order valence-corrected chi connectivity index (χ4v) is 5.69. The van der Waals surface area contributed by atoms with E-state index in [-0.39, 0.29) is 17.9 Å². The highest BCUT2D eigenvalue weighted by Crippen LogP contribution is 2.38. The number of hydrogen-bond acceptors (Lipinski definition) is 9. The normalized spacial score (nSPS) is 13.7. The van der Waals surface area contributed by atoms with E-state index < -0.39 is 18.7 Å². The van der Waals surface area contributed by atoms with E-state index in [1.54, 1.807) is 24.4 Å². The van der Waals surface area contributed by atoms with Crippen LogP contribution < -0.4 is 14.8 Å². The minimum Gasteiger partial charge on any atom is -0.489 e. The van der Waals surface area contributed by atoms with Crippen LogP contribution in [0.3, 0.4) is 0 Å². The van der Waals surface area contributed by atoms with Crippen molar-refractivity contribution in [3.63, 3.8) is 0 Å². The number of pyridine rings is 1. The van der Waals surface area contributed by atoms with Crippen molar-refractivity contribution >= 4 is 57.0 Å². The molecule has 0 aliphatic heterocycles. The molecule has 1 aliphatic rings. The van der Waals surface area contributed by atoms with Crippen molar-refractivity contribution in [2.75, 3.05) is 11.9 Å². The van der Waals surface area contributed by atoms with Gasteiger partial charge in [0.05, 0.1) is 23.2 Å². The molecule has 0 amide bonds. The Kier molecular flexibility index (Phi) is 9.36. The first-order valence-electron chi connectivity index (χ1n) is 12.3. The van der Waals surface area contributed by atoms with Crippen molar-refractivity contribution in [1.29, 1.82) is 0 Å². The number of esters is 1. The summed E-state index contributed by atoms with van der Waals surface area (Å²) in [5.74, 6) is -0.126. The zero-order valence-electron chi connectivity index (χ0n) is 20.8. The van der Waals surface area contributed by atoms with Crippen molar-refractivity contribution in [3.05, 3.63) is 85.2 Å². The Balaban J connectivity index is 1.39. The predicted molar refractivity (Wildman–Crippen MR) is 151 cm³/mol. The molecule has 210 valence electrons. The van der Waals surface area contributed by atoms with Gasteiger partial charge in [0.25, 0.3) is 0 Å². The molecule has 7 nitrogen and oxygen atoms in total. The van der Waals surface area contributed by atoms with E-state index in [9.17, 15) is 13.6 Å². The smallest absolute Gasteiger partial charge is 0.387 e. The number of anilines is 1. The number of alkyl halides is 2. The topological polar surface area (TPSA) is 82.6 Å². The van der Waals surface area contributed by atoms with Gasteiger partial charge in [0.2, 0.25) is 0 Å². The highest BCUT2D eigenvalue weighted by atomic mass is 35.5. The maximum atomic E-state index is 13.3. The average Bonchev–Trinajstić information content (AvgIpc) is 3.38. The Morgan fingerprint density at radius 2 is 1.93 bits per heavy atom. The van der Waals surface area contributed by atoms with Gasteiger partial charge in [-0.2, -0.15) is 8.78 Å². The third-order valence-corrected chi connectivity index (χ3v) is 8.47. The molecule has 0 bridgehead atoms. The summed E-state index contributed by atoms with van der Waals surface area (Å²) in [5, 5.41) is 6.47. The number of ether oxygens (including phenoxy) is 3. The lowest BCUT2D eigenvalue weighted by Gasteiger charge is -2.21. The molecule has 1 aliphatic carbocycles. The number of aromatic nitrogens is 2. The average molecular weight is 627 g/mol. The third kappa shape index (κ3) is 7.60. The Hall–Kier alpha value is -2.99. The number of carbonyl (C=O) groups excluding carboxylic acids is 1. The van der Waals surface area contributed by atoms with Crippen LogP contribution in [0.15, 0.2) is 54.3 Å². The summed E-state index contributed by atoms with van der Waals surface area (Å²) >= 11 is 15.5. The molecular formula is C27H23Cl2F2N3O4S2. The summed E-state index contributed by atoms with van der Waals surface area (Å²) in [7, 11) is 0. The molecule has 5 rings (SSSR count). The second-order valence-corrected chi connectivity index (χ2v) is 11.9. The fourth-order valence-electron chi connectivity index (χ4n) is 3.81. The fraction of sp³-hybridized carbons (Fsp3) is 0.296. The third-order valence-electron chi connectivity index (χ3n) is 6.03. The van der Waals surface area contributed by atoms with Gasteiger partial charge in [-0.3, -0.25) is 4.98 Å². The minimum atomic E-state index is -3.02. The zero-order valence-corrected chi connectivity index (χ0v) is 24.0. The summed E-state index contributed by atoms with van der Waals surface area (Å²) in [6, 6.07) is 8.03. The molecule has 4 aromatic rings. The van der Waals surface area contributed by atoms with E-state index in [4.69, 9.17) is 32.7 Å². The van der Waals surface area contributed by atoms with Crippen LogP contribution in [0.25, 0.3) is 0 Å². The number of carbonyl (C=O) groups is 1. The number of rotatable bonds is 13. The quantitative estimate of drug-likeness (QED) is 0.150. The van der Waals surface area contributed by atoms with Gasteiger partial charge in [-0.05, 0) is 54.2 Å². The number of thiazole rings is 1. The van der Waals surface area contributed by atoms with Crippen molar-refractivity contribution in [2.45, 2.75) is 38.5 Å². The van der Waals surface area contributed by atoms with E-state index in [2.05, 4.69) is 20.0 Å². The Labute approximate surface area is 247 Å². The molecule has 40 heavy (non-hydrogen) atoms. The van der Waals surface area contributed by atoms with E-state index in [0.29, 0.717) is 45.1 Å². The monoisotopic (exact) mass is 625 g/mol. The largest absolute Gasteiger partial charge is 0.489 e. The molecule has 0 radical (unpaired) electrons. The maximum Gasteiger partial charge on any atom is 0.387 e. The molecule has 0 spiro atoms. The number of nitrogens with one attached hydrogen (secondary N) is 1. The summed E-state index contributed by atoms with van der Waals surface area (Å²) in [6.07, 6.45) is 5.90. The highest BCUT2D eigenvalue weighted by molar-refractivity contribution is 7.14. The number of hydrogen-bond donors (Lipinski definition) is 1. The molecule has 1 N–H and O–H groups in total. The van der Waals surface area contributed by atoms with Gasteiger partial charge in [-0.1, -0.05) is 29.3 Å². The van der Waals surface area contributed by atoms with Gasteiger partial charge in [0.15, 0.2) is 16.6 Å². The Bertz CT molecular complexity index is 1430. The van der Waals surface area contributed by atoms with Crippen LogP contribution in [0, 0.1) is 5.92 Å². The lowest BCUT2D eigenvalue weighted by atomic mass is 10.0. The Morgan fingerprint density at radius 1 is 1.12 bits per heavy atom. The molecule has 1 aromatic carbocycles. The van der Waals surface area contributed by atoms with Crippen LogP contribution in [-0.4, -0.2) is 29.2 Å². The van der Waals surface area contributed by atoms with Gasteiger partial charge in [0.1, 0.15) is 11.0 Å². The second-order valence-electron chi connectivity index (χ2n) is 8.98. The first-order valence-corrected chi connectivity index (χ1v) is 14.7. The summed E-state index contributed by atoms with van der Waals surface area (Å²) in [4.78, 5) is 22.8. The summed E-state index contributed by atoms with van der Waals surface area (Å²) < 4.78 is 42.6. The number of benzene rings is 1. The maximum absolute atomic E-state index is 13.3. The first-order chi connectivity index (χ1) is 19.4. The summed E-state index contributed by atoms with van der Waals surface area (Å²) in [5.41, 5.74) is 1.04. The summed E-state index contributed by atoms with van der Waals surface area (Å²) in [6.45, 7) is -2.14. The lowest BCUT2D eigenvalue weighted by molar-refractivity contribution is -0.0515. The number of nitrogens with zero attached hydrogens (tertiary/aromatic N) is 2. The second kappa shape index (κ2) is 13.1. The van der Waals surface area contributed by atoms with E-state index in [1.807, 2.05) is 11.4 Å². The van der Waals surface area contributed by atoms with Crippen molar-refractivity contribution in [2.24, 2.45) is 5.92 Å². The van der Waals surface area contributed by atoms with E-state index in [1.165, 1.54) is 41.1 Å². The van der Waals surface area contributed by atoms with Crippen LogP contribution in [-0.2, 0) is 17.7 Å². The molecular weight excluding hydrogens is 603 g/mol. The van der Waals surface area contributed by atoms with Crippen LogP contribution >= 0.6 is 45.9 Å². The standard InChI is InChI=1S/C27H23Cl2F2N3O4S2/c28-19-12-32-13-20(29)18(19)10-22(16-3-5-21(38-26(30)31)23(9-16)36-14-15-1-2-15)37-25(35)24-6-4-17(40-24)11-34-27-33-7-8-39-27/h3-9,12-13,15,22,26H,1-2,10-11,14H2,(H,33,34)/t22-/m0/s1. The number of halogens is 4. The molecule has 1 fully saturated rings. The van der Waals surface area contributed by atoms with Gasteiger partial charge in [-0.25, -0.2) is 9.78 Å². The van der Waals surface area contributed by atoms with Crippen molar-refractivity contribution in [3.8, 4) is 11.5 Å². The zero-order chi connectivity index (χ0) is 28.1. The highest BCUT2D eigenvalue weighted by Gasteiger charge is 2.26. The van der Waals surface area contributed by atoms with Gasteiger partial charge >= 0.3 is 12.6 Å². The van der Waals surface area contributed by atoms with E-state index in [0.717, 1.165) is 22.9 Å². The number of thiophene rings is 1. The molecule has 0 unspecified atom stereocenters. The lowest BCUT2D eigenvalue weighted by Crippen LogP contribution is -2.15. The van der Waals surface area contributed by atoms with Gasteiger partial charge in [-0.15, -0.1) is 22.7 Å². The first kappa shape index (κ1) is 28.5. The van der Waals surface area contributed by atoms with Crippen LogP contribution in [0.5, 0.6) is 11.5 Å². The van der Waals surface area contributed by atoms with Crippen LogP contribution in [0.4, 0.5) is 13.9 Å². The molecule has 3 aromatic heterocycles. The van der Waals surface area contributed by atoms with Gasteiger partial charge < -0.3 is 19.5 Å². The Morgan fingerprint density at radius 3 is 2.62 bits per heavy atom. The minimum absolute atomic E-state index is 0.0971. The van der Waals surface area contributed by atoms with Crippen LogP contribution in [0.2, 0.25) is 10.0 Å². The molecule has 1 atom stereocenters. The van der Waals surface area contributed by atoms with Crippen molar-refractivity contribution in [1.82, 2.24) is 9.97 Å².